The molecule has 0 bridgehead atoms. The van der Waals surface area contributed by atoms with Gasteiger partial charge in [-0.1, -0.05) is 35.9 Å². The smallest absolute Gasteiger partial charge is 0.307 e. The third-order valence-electron chi connectivity index (χ3n) is 5.39. The zero-order valence-electron chi connectivity index (χ0n) is 18.0. The van der Waals surface area contributed by atoms with Crippen molar-refractivity contribution in [3.05, 3.63) is 95.3 Å². The first-order valence-electron chi connectivity index (χ1n) is 10.6. The van der Waals surface area contributed by atoms with Crippen molar-refractivity contribution < 1.29 is 9.90 Å². The number of benzene rings is 2. The zero-order chi connectivity index (χ0) is 23.5. The van der Waals surface area contributed by atoms with Crippen LogP contribution in [-0.4, -0.2) is 31.0 Å². The van der Waals surface area contributed by atoms with Crippen molar-refractivity contribution >= 4 is 34.4 Å². The molecular formula is C26H20ClN5O2. The highest BCUT2D eigenvalue weighted by molar-refractivity contribution is 6.31. The molecule has 168 valence electrons. The maximum absolute atomic E-state index is 10.8. The first-order valence-corrected chi connectivity index (χ1v) is 11.0. The first-order chi connectivity index (χ1) is 16.5. The van der Waals surface area contributed by atoms with Crippen LogP contribution in [0.2, 0.25) is 5.02 Å². The second-order valence-corrected chi connectivity index (χ2v) is 8.29. The van der Waals surface area contributed by atoms with Crippen molar-refractivity contribution in [3.8, 4) is 22.6 Å². The van der Waals surface area contributed by atoms with Gasteiger partial charge >= 0.3 is 5.97 Å². The largest absolute Gasteiger partial charge is 0.481 e. The molecule has 0 aliphatic rings. The van der Waals surface area contributed by atoms with Crippen molar-refractivity contribution in [2.75, 3.05) is 5.32 Å². The highest BCUT2D eigenvalue weighted by Gasteiger charge is 2.08. The van der Waals surface area contributed by atoms with E-state index in [1.54, 1.807) is 12.4 Å². The lowest BCUT2D eigenvalue weighted by atomic mass is 10.1. The lowest BCUT2D eigenvalue weighted by Gasteiger charge is -2.08. The summed E-state index contributed by atoms with van der Waals surface area (Å²) < 4.78 is 0. The molecule has 34 heavy (non-hydrogen) atoms. The van der Waals surface area contributed by atoms with Gasteiger partial charge in [-0.3, -0.25) is 9.78 Å². The maximum atomic E-state index is 10.8. The molecule has 0 atom stereocenters. The number of hydrogen-bond acceptors (Lipinski definition) is 5. The topological polar surface area (TPSA) is 104 Å². The fourth-order valence-electron chi connectivity index (χ4n) is 3.61. The highest BCUT2D eigenvalue weighted by Crippen LogP contribution is 2.24. The summed E-state index contributed by atoms with van der Waals surface area (Å²) in [4.78, 5) is 27.7. The Bertz CT molecular complexity index is 1450. The summed E-state index contributed by atoms with van der Waals surface area (Å²) in [6, 6.07) is 20.9. The third kappa shape index (κ3) is 4.89. The van der Waals surface area contributed by atoms with E-state index in [-0.39, 0.29) is 6.42 Å². The van der Waals surface area contributed by atoms with Crippen LogP contribution < -0.4 is 5.32 Å². The normalized spacial score (nSPS) is 11.0. The van der Waals surface area contributed by atoms with E-state index in [1.807, 2.05) is 66.7 Å². The Morgan fingerprint density at radius 2 is 1.68 bits per heavy atom. The Balaban J connectivity index is 1.23. The Kier molecular flexibility index (Phi) is 5.93. The van der Waals surface area contributed by atoms with Crippen LogP contribution in [0.3, 0.4) is 0 Å². The van der Waals surface area contributed by atoms with Gasteiger partial charge in [-0.15, -0.1) is 0 Å². The molecule has 0 spiro atoms. The number of pyridine rings is 2. The molecular weight excluding hydrogens is 450 g/mol. The molecule has 3 N–H and O–H groups in total. The Morgan fingerprint density at radius 3 is 2.38 bits per heavy atom. The maximum Gasteiger partial charge on any atom is 0.307 e. The SMILES string of the molecule is O=C(O)Cc1ccc(CNc2ccc(-c3ccc(-c4nc5cc(Cl)ccc5[nH]4)cn3)cn2)cc1. The number of anilines is 1. The summed E-state index contributed by atoms with van der Waals surface area (Å²) in [5, 5.41) is 12.8. The molecule has 5 aromatic rings. The molecule has 0 saturated carbocycles. The monoisotopic (exact) mass is 469 g/mol. The Morgan fingerprint density at radius 1 is 0.912 bits per heavy atom. The Hall–Kier alpha value is -4.23. The predicted molar refractivity (Wildman–Crippen MR) is 133 cm³/mol. The van der Waals surface area contributed by atoms with E-state index >= 15 is 0 Å². The van der Waals surface area contributed by atoms with Gasteiger partial charge in [0.1, 0.15) is 11.6 Å². The van der Waals surface area contributed by atoms with E-state index in [4.69, 9.17) is 16.7 Å². The quantitative estimate of drug-likeness (QED) is 0.287. The van der Waals surface area contributed by atoms with Gasteiger partial charge in [-0.2, -0.15) is 0 Å². The second kappa shape index (κ2) is 9.33. The van der Waals surface area contributed by atoms with Gasteiger partial charge < -0.3 is 15.4 Å². The van der Waals surface area contributed by atoms with E-state index in [0.29, 0.717) is 11.6 Å². The molecule has 3 aromatic heterocycles. The molecule has 0 amide bonds. The fourth-order valence-corrected chi connectivity index (χ4v) is 3.78. The minimum atomic E-state index is -0.834. The van der Waals surface area contributed by atoms with Crippen molar-refractivity contribution in [2.24, 2.45) is 0 Å². The van der Waals surface area contributed by atoms with Crippen LogP contribution in [0.15, 0.2) is 79.1 Å². The number of H-pyrrole nitrogens is 1. The lowest BCUT2D eigenvalue weighted by Crippen LogP contribution is -2.03. The summed E-state index contributed by atoms with van der Waals surface area (Å²) >= 11 is 6.05. The van der Waals surface area contributed by atoms with Crippen molar-refractivity contribution in [1.29, 1.82) is 0 Å². The van der Waals surface area contributed by atoms with E-state index in [0.717, 1.165) is 50.6 Å². The Labute approximate surface area is 200 Å². The number of aromatic amines is 1. The number of carboxylic acids is 1. The molecule has 3 heterocycles. The number of rotatable bonds is 7. The third-order valence-corrected chi connectivity index (χ3v) is 5.63. The summed E-state index contributed by atoms with van der Waals surface area (Å²) in [6.45, 7) is 0.593. The number of imidazole rings is 1. The minimum absolute atomic E-state index is 0.0267. The fraction of sp³-hybridized carbons (Fsp3) is 0.0769. The molecule has 0 saturated heterocycles. The van der Waals surface area contributed by atoms with Gasteiger partial charge in [0.15, 0.2) is 0 Å². The molecule has 7 nitrogen and oxygen atoms in total. The van der Waals surface area contributed by atoms with Crippen LogP contribution in [0.1, 0.15) is 11.1 Å². The number of halogens is 1. The number of fused-ring (bicyclic) bond motifs is 1. The summed E-state index contributed by atoms with van der Waals surface area (Å²) in [5.41, 5.74) is 6.17. The van der Waals surface area contributed by atoms with Crippen LogP contribution in [0, 0.1) is 0 Å². The summed E-state index contributed by atoms with van der Waals surface area (Å²) in [6.07, 6.45) is 3.59. The van der Waals surface area contributed by atoms with Gasteiger partial charge in [0, 0.05) is 35.1 Å². The van der Waals surface area contributed by atoms with Gasteiger partial charge in [0.05, 0.1) is 23.1 Å². The highest BCUT2D eigenvalue weighted by atomic mass is 35.5. The van der Waals surface area contributed by atoms with E-state index in [1.165, 1.54) is 0 Å². The van der Waals surface area contributed by atoms with E-state index in [9.17, 15) is 4.79 Å². The van der Waals surface area contributed by atoms with Crippen LogP contribution in [0.5, 0.6) is 0 Å². The van der Waals surface area contributed by atoms with Crippen LogP contribution >= 0.6 is 11.6 Å². The lowest BCUT2D eigenvalue weighted by molar-refractivity contribution is -0.136. The second-order valence-electron chi connectivity index (χ2n) is 7.85. The van der Waals surface area contributed by atoms with E-state index < -0.39 is 5.97 Å². The standard InChI is InChI=1S/C26H20ClN5O2/c27-20-7-9-22-23(12-20)32-26(31-22)19-5-8-21(28-15-19)18-6-10-24(30-14-18)29-13-17-3-1-16(2-4-17)11-25(33)34/h1-10,12,14-15H,11,13H2,(H,29,30)(H,31,32)(H,33,34). The number of carboxylic acid groups (broad SMARTS) is 1. The number of nitrogens with zero attached hydrogens (tertiary/aromatic N) is 3. The van der Waals surface area contributed by atoms with Gasteiger partial charge in [-0.25, -0.2) is 9.97 Å². The van der Waals surface area contributed by atoms with Crippen molar-refractivity contribution in [1.82, 2.24) is 19.9 Å². The zero-order valence-corrected chi connectivity index (χ0v) is 18.8. The van der Waals surface area contributed by atoms with Crippen LogP contribution in [0.4, 0.5) is 5.82 Å². The van der Waals surface area contributed by atoms with Crippen LogP contribution in [-0.2, 0) is 17.8 Å². The van der Waals surface area contributed by atoms with Gasteiger partial charge in [-0.05, 0) is 53.6 Å². The molecule has 0 radical (unpaired) electrons. The van der Waals surface area contributed by atoms with Gasteiger partial charge in [0.2, 0.25) is 0 Å². The number of carbonyl (C=O) groups is 1. The molecule has 0 aliphatic heterocycles. The summed E-state index contributed by atoms with van der Waals surface area (Å²) in [7, 11) is 0. The average Bonchev–Trinajstić information content (AvgIpc) is 3.27. The minimum Gasteiger partial charge on any atom is -0.481 e. The number of aliphatic carboxylic acids is 1. The van der Waals surface area contributed by atoms with Gasteiger partial charge in [0.25, 0.3) is 0 Å². The van der Waals surface area contributed by atoms with Crippen molar-refractivity contribution in [2.45, 2.75) is 13.0 Å². The number of nitrogens with one attached hydrogen (secondary N) is 2. The molecule has 2 aromatic carbocycles. The molecule has 0 aliphatic carbocycles. The molecule has 0 fully saturated rings. The van der Waals surface area contributed by atoms with Crippen LogP contribution in [0.25, 0.3) is 33.7 Å². The number of hydrogen-bond donors (Lipinski definition) is 3. The molecule has 8 heteroatoms. The molecule has 5 rings (SSSR count). The number of aromatic nitrogens is 4. The van der Waals surface area contributed by atoms with Crippen molar-refractivity contribution in [3.63, 3.8) is 0 Å². The average molecular weight is 470 g/mol. The first kappa shape index (κ1) is 21.6. The van der Waals surface area contributed by atoms with E-state index in [2.05, 4.69) is 25.3 Å². The molecule has 0 unspecified atom stereocenters. The predicted octanol–water partition coefficient (Wildman–Crippen LogP) is 5.58. The summed E-state index contributed by atoms with van der Waals surface area (Å²) in [5.74, 6) is 0.653.